The molecule has 9 heteroatoms. The summed E-state index contributed by atoms with van der Waals surface area (Å²) in [5.74, 6) is -1.42. The highest BCUT2D eigenvalue weighted by atomic mass is 32.2. The number of carbonyl (C=O) groups excluding carboxylic acids is 1. The molecule has 5 N–H and O–H groups in total. The van der Waals surface area contributed by atoms with Crippen LogP contribution in [-0.4, -0.2) is 71.3 Å². The van der Waals surface area contributed by atoms with Gasteiger partial charge in [0.1, 0.15) is 6.61 Å². The highest BCUT2D eigenvalue weighted by molar-refractivity contribution is 7.99. The molecule has 0 aromatic carbocycles. The average molecular weight is 338 g/mol. The minimum Gasteiger partial charge on any atom is -0.478 e. The summed E-state index contributed by atoms with van der Waals surface area (Å²) in [6.07, 6.45) is -1.06. The zero-order chi connectivity index (χ0) is 17.3. The fourth-order valence-corrected chi connectivity index (χ4v) is 2.77. The van der Waals surface area contributed by atoms with Gasteiger partial charge in [-0.3, -0.25) is 4.79 Å². The van der Waals surface area contributed by atoms with Gasteiger partial charge in [0.2, 0.25) is 0 Å². The third kappa shape index (κ3) is 5.40. The molecule has 0 rings (SSSR count). The Balaban J connectivity index is 5.13. The number of aliphatic hydroxyl groups excluding tert-OH is 1. The molecule has 1 amide bonds. The van der Waals surface area contributed by atoms with Crippen molar-refractivity contribution in [2.75, 3.05) is 26.1 Å². The SMILES string of the molecule is CCOC(CO)(NC(=O)C(OC)[C@H](N)C(C)SCC)C(=O)O. The second-order valence-corrected chi connectivity index (χ2v) is 6.26. The van der Waals surface area contributed by atoms with Gasteiger partial charge in [-0.15, -0.1) is 0 Å². The predicted molar refractivity (Wildman–Crippen MR) is 83.6 cm³/mol. The van der Waals surface area contributed by atoms with E-state index in [4.69, 9.17) is 15.2 Å². The summed E-state index contributed by atoms with van der Waals surface area (Å²) in [6.45, 7) is 4.47. The molecule has 0 aliphatic heterocycles. The van der Waals surface area contributed by atoms with E-state index in [1.165, 1.54) is 7.11 Å². The van der Waals surface area contributed by atoms with Crippen LogP contribution in [0.25, 0.3) is 0 Å². The molecule has 0 radical (unpaired) electrons. The maximum Gasteiger partial charge on any atom is 0.359 e. The van der Waals surface area contributed by atoms with Crippen molar-refractivity contribution in [2.24, 2.45) is 5.73 Å². The van der Waals surface area contributed by atoms with Gasteiger partial charge in [0.25, 0.3) is 11.6 Å². The van der Waals surface area contributed by atoms with Crippen molar-refractivity contribution in [2.45, 2.75) is 43.9 Å². The van der Waals surface area contributed by atoms with Crippen molar-refractivity contribution in [3.05, 3.63) is 0 Å². The molecule has 0 aromatic rings. The molecule has 0 aliphatic rings. The number of thioether (sulfide) groups is 1. The molecule has 0 aromatic heterocycles. The van der Waals surface area contributed by atoms with Crippen molar-refractivity contribution < 1.29 is 29.3 Å². The number of carboxylic acids is 1. The number of aliphatic carboxylic acids is 1. The lowest BCUT2D eigenvalue weighted by atomic mass is 10.1. The topological polar surface area (TPSA) is 131 Å². The van der Waals surface area contributed by atoms with Crippen LogP contribution in [0.5, 0.6) is 0 Å². The van der Waals surface area contributed by atoms with E-state index in [1.54, 1.807) is 18.7 Å². The summed E-state index contributed by atoms with van der Waals surface area (Å²) in [7, 11) is 1.31. The Kier molecular flexibility index (Phi) is 9.61. The van der Waals surface area contributed by atoms with Crippen LogP contribution in [0.15, 0.2) is 0 Å². The Bertz CT molecular complexity index is 370. The summed E-state index contributed by atoms with van der Waals surface area (Å²) in [4.78, 5) is 23.6. The van der Waals surface area contributed by atoms with Gasteiger partial charge in [-0.2, -0.15) is 11.8 Å². The molecule has 0 saturated heterocycles. The number of hydrogen-bond donors (Lipinski definition) is 4. The second-order valence-electron chi connectivity index (χ2n) is 4.61. The second kappa shape index (κ2) is 10.0. The molecular weight excluding hydrogens is 312 g/mol. The Hall–Kier alpha value is -0.870. The molecule has 130 valence electrons. The molecule has 8 nitrogen and oxygen atoms in total. The van der Waals surface area contributed by atoms with Gasteiger partial charge in [0.15, 0.2) is 6.10 Å². The van der Waals surface area contributed by atoms with E-state index in [0.717, 1.165) is 5.75 Å². The number of carboxylic acid groups (broad SMARTS) is 1. The number of carbonyl (C=O) groups is 2. The summed E-state index contributed by atoms with van der Waals surface area (Å²) in [6, 6.07) is -0.637. The first-order chi connectivity index (χ1) is 10.3. The van der Waals surface area contributed by atoms with Crippen LogP contribution in [0, 0.1) is 0 Å². The van der Waals surface area contributed by atoms with Gasteiger partial charge in [-0.05, 0) is 12.7 Å². The van der Waals surface area contributed by atoms with Gasteiger partial charge in [0.05, 0.1) is 6.04 Å². The summed E-state index contributed by atoms with van der Waals surface area (Å²) < 4.78 is 10.1. The van der Waals surface area contributed by atoms with Crippen LogP contribution in [-0.2, 0) is 19.1 Å². The maximum absolute atomic E-state index is 12.3. The largest absolute Gasteiger partial charge is 0.478 e. The van der Waals surface area contributed by atoms with E-state index >= 15 is 0 Å². The van der Waals surface area contributed by atoms with Gasteiger partial charge < -0.3 is 30.7 Å². The minimum absolute atomic E-state index is 0.00106. The van der Waals surface area contributed by atoms with E-state index in [2.05, 4.69) is 5.32 Å². The maximum atomic E-state index is 12.3. The molecular formula is C13H26N2O6S. The fourth-order valence-electron chi connectivity index (χ4n) is 1.88. The van der Waals surface area contributed by atoms with Gasteiger partial charge >= 0.3 is 5.97 Å². The number of amides is 1. The predicted octanol–water partition coefficient (Wildman–Crippen LogP) is -0.604. The molecule has 0 saturated carbocycles. The number of aliphatic hydroxyl groups is 1. The van der Waals surface area contributed by atoms with Crippen molar-refractivity contribution in [1.29, 1.82) is 0 Å². The number of nitrogens with one attached hydrogen (secondary N) is 1. The summed E-state index contributed by atoms with van der Waals surface area (Å²) in [5, 5.41) is 20.6. The third-order valence-corrected chi connectivity index (χ3v) is 4.29. The van der Waals surface area contributed by atoms with Gasteiger partial charge in [-0.25, -0.2) is 4.79 Å². The van der Waals surface area contributed by atoms with Gasteiger partial charge in [-0.1, -0.05) is 13.8 Å². The number of rotatable bonds is 11. The quantitative estimate of drug-likeness (QED) is 0.367. The molecule has 0 fully saturated rings. The molecule has 4 atom stereocenters. The Morgan fingerprint density at radius 2 is 2.00 bits per heavy atom. The third-order valence-electron chi connectivity index (χ3n) is 3.12. The fraction of sp³-hybridized carbons (Fsp3) is 0.846. The van der Waals surface area contributed by atoms with Crippen molar-refractivity contribution in [3.8, 4) is 0 Å². The van der Waals surface area contributed by atoms with Crippen LogP contribution in [0.4, 0.5) is 0 Å². The molecule has 0 aliphatic carbocycles. The summed E-state index contributed by atoms with van der Waals surface area (Å²) >= 11 is 1.56. The van der Waals surface area contributed by atoms with Crippen LogP contribution in [0.1, 0.15) is 20.8 Å². The Morgan fingerprint density at radius 3 is 2.36 bits per heavy atom. The van der Waals surface area contributed by atoms with Crippen LogP contribution >= 0.6 is 11.8 Å². The number of methoxy groups -OCH3 is 1. The number of hydrogen-bond acceptors (Lipinski definition) is 7. The molecule has 22 heavy (non-hydrogen) atoms. The van der Waals surface area contributed by atoms with E-state index in [0.29, 0.717) is 0 Å². The monoisotopic (exact) mass is 338 g/mol. The average Bonchev–Trinajstić information content (AvgIpc) is 2.47. The van der Waals surface area contributed by atoms with Crippen molar-refractivity contribution in [3.63, 3.8) is 0 Å². The van der Waals surface area contributed by atoms with E-state index in [9.17, 15) is 19.8 Å². The first-order valence-corrected chi connectivity index (χ1v) is 8.04. The lowest BCUT2D eigenvalue weighted by molar-refractivity contribution is -0.182. The molecule has 0 spiro atoms. The van der Waals surface area contributed by atoms with Crippen LogP contribution in [0.3, 0.4) is 0 Å². The highest BCUT2D eigenvalue weighted by Gasteiger charge is 2.43. The zero-order valence-corrected chi connectivity index (χ0v) is 14.2. The number of nitrogens with two attached hydrogens (primary N) is 1. The normalized spacial score (nSPS) is 18.1. The number of ether oxygens (including phenoxy) is 2. The smallest absolute Gasteiger partial charge is 0.359 e. The van der Waals surface area contributed by atoms with Gasteiger partial charge in [0, 0.05) is 19.0 Å². The molecule has 3 unspecified atom stereocenters. The highest BCUT2D eigenvalue weighted by Crippen LogP contribution is 2.17. The van der Waals surface area contributed by atoms with Crippen molar-refractivity contribution in [1.82, 2.24) is 5.32 Å². The lowest BCUT2D eigenvalue weighted by Crippen LogP contribution is -2.63. The molecule has 0 heterocycles. The first kappa shape index (κ1) is 21.1. The Labute approximate surface area is 134 Å². The lowest BCUT2D eigenvalue weighted by Gasteiger charge is -2.32. The zero-order valence-electron chi connectivity index (χ0n) is 13.4. The van der Waals surface area contributed by atoms with E-state index in [1.807, 2.05) is 13.8 Å². The van der Waals surface area contributed by atoms with Crippen LogP contribution < -0.4 is 11.1 Å². The van der Waals surface area contributed by atoms with Crippen molar-refractivity contribution >= 4 is 23.6 Å². The molecule has 0 bridgehead atoms. The Morgan fingerprint density at radius 1 is 1.41 bits per heavy atom. The minimum atomic E-state index is -2.20. The van der Waals surface area contributed by atoms with E-state index in [-0.39, 0.29) is 11.9 Å². The van der Waals surface area contributed by atoms with E-state index < -0.39 is 36.4 Å². The summed E-state index contributed by atoms with van der Waals surface area (Å²) in [5.41, 5.74) is 3.81. The van der Waals surface area contributed by atoms with Crippen LogP contribution in [0.2, 0.25) is 0 Å². The first-order valence-electron chi connectivity index (χ1n) is 6.99. The standard InChI is InChI=1S/C13H26N2O6S/c1-5-21-13(7-16,12(18)19)15-11(17)10(20-4)9(14)8(3)22-6-2/h8-10,16H,5-7,14H2,1-4H3,(H,15,17)(H,18,19)/t8?,9-,10?,13?/m1/s1.